The molecule has 0 saturated carbocycles. The van der Waals surface area contributed by atoms with Crippen LogP contribution in [0.1, 0.15) is 11.4 Å². The number of hydrogen-bond acceptors (Lipinski definition) is 5. The second kappa shape index (κ2) is 5.04. The lowest BCUT2D eigenvalue weighted by Gasteiger charge is -2.16. The Hall–Kier alpha value is -2.20. The number of hydrogen-bond donors (Lipinski definition) is 2. The van der Waals surface area contributed by atoms with Gasteiger partial charge in [0.15, 0.2) is 0 Å². The lowest BCUT2D eigenvalue weighted by molar-refractivity contribution is 0.283. The molecule has 0 aliphatic rings. The molecular formula is C9H11N7. The third kappa shape index (κ3) is 2.65. The Morgan fingerprint density at radius 1 is 1.12 bits per heavy atom. The Morgan fingerprint density at radius 2 is 1.69 bits per heavy atom. The van der Waals surface area contributed by atoms with Gasteiger partial charge >= 0.3 is 0 Å². The number of aromatic amines is 2. The summed E-state index contributed by atoms with van der Waals surface area (Å²) in [5.74, 6) is 2.60. The molecular weight excluding hydrogens is 206 g/mol. The first-order valence-corrected chi connectivity index (χ1v) is 4.73. The summed E-state index contributed by atoms with van der Waals surface area (Å²) in [6, 6.07) is 0. The summed E-state index contributed by atoms with van der Waals surface area (Å²) in [6.07, 6.45) is 8.65. The lowest BCUT2D eigenvalue weighted by Crippen LogP contribution is -2.23. The minimum Gasteiger partial charge on any atom is -0.280 e. The maximum absolute atomic E-state index is 5.31. The summed E-state index contributed by atoms with van der Waals surface area (Å²) in [6.45, 7) is 1.79. The minimum absolute atomic E-state index is 0.528. The van der Waals surface area contributed by atoms with Crippen molar-refractivity contribution < 1.29 is 0 Å². The molecule has 82 valence electrons. The zero-order chi connectivity index (χ0) is 11.2. The van der Waals surface area contributed by atoms with Crippen LogP contribution >= 0.6 is 0 Å². The number of H-pyrrole nitrogens is 2. The van der Waals surface area contributed by atoms with Gasteiger partial charge in [-0.3, -0.25) is 4.90 Å². The normalized spacial score (nSPS) is 10.5. The maximum Gasteiger partial charge on any atom is 0.0965 e. The molecule has 2 aromatic heterocycles. The monoisotopic (exact) mass is 217 g/mol. The van der Waals surface area contributed by atoms with Crippen molar-refractivity contribution in [3.63, 3.8) is 0 Å². The molecule has 16 heavy (non-hydrogen) atoms. The first kappa shape index (κ1) is 10.3. The van der Waals surface area contributed by atoms with Gasteiger partial charge in [-0.05, 0) is 0 Å². The molecule has 0 radical (unpaired) electrons. The summed E-state index contributed by atoms with van der Waals surface area (Å²) in [5, 5.41) is 20.6. The van der Waals surface area contributed by atoms with Crippen molar-refractivity contribution >= 4 is 0 Å². The van der Waals surface area contributed by atoms with Gasteiger partial charge < -0.3 is 0 Å². The number of nitrogens with zero attached hydrogens (tertiary/aromatic N) is 5. The fraction of sp³-hybridized carbons (Fsp3) is 0.333. The van der Waals surface area contributed by atoms with Crippen molar-refractivity contribution in [1.29, 1.82) is 0 Å². The Morgan fingerprint density at radius 3 is 2.06 bits per heavy atom. The average molecular weight is 217 g/mol. The lowest BCUT2D eigenvalue weighted by atomic mass is 10.3. The van der Waals surface area contributed by atoms with Crippen LogP contribution in [-0.2, 0) is 13.1 Å². The van der Waals surface area contributed by atoms with Crippen molar-refractivity contribution in [3.8, 4) is 12.3 Å². The fourth-order valence-corrected chi connectivity index (χ4v) is 1.36. The van der Waals surface area contributed by atoms with Crippen LogP contribution in [0.4, 0.5) is 0 Å². The third-order valence-electron chi connectivity index (χ3n) is 2.02. The summed E-state index contributed by atoms with van der Waals surface area (Å²) in [7, 11) is 0. The molecule has 0 bridgehead atoms. The number of terminal acetylenes is 1. The fourth-order valence-electron chi connectivity index (χ4n) is 1.36. The molecule has 0 atom stereocenters. The van der Waals surface area contributed by atoms with E-state index in [1.165, 1.54) is 0 Å². The van der Waals surface area contributed by atoms with E-state index in [2.05, 4.69) is 36.7 Å². The second-order valence-electron chi connectivity index (χ2n) is 3.27. The summed E-state index contributed by atoms with van der Waals surface area (Å²) in [4.78, 5) is 2.02. The molecule has 0 amide bonds. The molecule has 0 aromatic carbocycles. The topological polar surface area (TPSA) is 86.4 Å². The van der Waals surface area contributed by atoms with Gasteiger partial charge in [0, 0.05) is 13.1 Å². The van der Waals surface area contributed by atoms with Crippen LogP contribution in [0.25, 0.3) is 0 Å². The van der Waals surface area contributed by atoms with Gasteiger partial charge in [-0.1, -0.05) is 5.92 Å². The van der Waals surface area contributed by atoms with E-state index in [4.69, 9.17) is 6.42 Å². The van der Waals surface area contributed by atoms with E-state index in [9.17, 15) is 0 Å². The van der Waals surface area contributed by atoms with E-state index in [0.717, 1.165) is 11.4 Å². The standard InChI is InChI=1S/C9H11N7/c1-2-3-16(6-8-4-10-14-12-8)7-9-5-11-15-13-9/h1,4-5H,3,6-7H2,(H,10,12,14)(H,11,13,15). The van der Waals surface area contributed by atoms with Gasteiger partial charge in [-0.25, -0.2) is 0 Å². The molecule has 7 nitrogen and oxygen atoms in total. The van der Waals surface area contributed by atoms with Crippen LogP contribution in [-0.4, -0.2) is 42.3 Å². The summed E-state index contributed by atoms with van der Waals surface area (Å²) in [5.41, 5.74) is 1.69. The van der Waals surface area contributed by atoms with Gasteiger partial charge in [0.1, 0.15) is 0 Å². The van der Waals surface area contributed by atoms with Crippen LogP contribution in [0.5, 0.6) is 0 Å². The number of rotatable bonds is 5. The highest BCUT2D eigenvalue weighted by molar-refractivity contribution is 4.98. The number of aromatic nitrogens is 6. The predicted molar refractivity (Wildman–Crippen MR) is 55.7 cm³/mol. The Bertz CT molecular complexity index is 402. The summed E-state index contributed by atoms with van der Waals surface area (Å²) < 4.78 is 0. The van der Waals surface area contributed by atoms with Crippen molar-refractivity contribution in [2.24, 2.45) is 0 Å². The molecule has 0 unspecified atom stereocenters. The highest BCUT2D eigenvalue weighted by Crippen LogP contribution is 2.03. The Kier molecular flexibility index (Phi) is 3.25. The molecule has 2 heterocycles. The van der Waals surface area contributed by atoms with Crippen molar-refractivity contribution in [2.75, 3.05) is 6.54 Å². The predicted octanol–water partition coefficient (Wildman–Crippen LogP) is -0.442. The van der Waals surface area contributed by atoms with E-state index in [0.29, 0.717) is 19.6 Å². The second-order valence-corrected chi connectivity index (χ2v) is 3.27. The van der Waals surface area contributed by atoms with Crippen LogP contribution < -0.4 is 0 Å². The molecule has 0 saturated heterocycles. The molecule has 0 fully saturated rings. The van der Waals surface area contributed by atoms with E-state index >= 15 is 0 Å². The highest BCUT2D eigenvalue weighted by atomic mass is 15.3. The first-order chi connectivity index (χ1) is 7.88. The highest BCUT2D eigenvalue weighted by Gasteiger charge is 2.09. The van der Waals surface area contributed by atoms with Gasteiger partial charge in [0.2, 0.25) is 0 Å². The summed E-state index contributed by atoms with van der Waals surface area (Å²) >= 11 is 0. The minimum atomic E-state index is 0.528. The molecule has 0 spiro atoms. The molecule has 7 heteroatoms. The smallest absolute Gasteiger partial charge is 0.0965 e. The quantitative estimate of drug-likeness (QED) is 0.663. The van der Waals surface area contributed by atoms with Crippen LogP contribution in [0.3, 0.4) is 0 Å². The van der Waals surface area contributed by atoms with E-state index in [-0.39, 0.29) is 0 Å². The zero-order valence-electron chi connectivity index (χ0n) is 8.59. The van der Waals surface area contributed by atoms with Crippen LogP contribution in [0, 0.1) is 12.3 Å². The van der Waals surface area contributed by atoms with Gasteiger partial charge in [-0.15, -0.1) is 6.42 Å². The molecule has 2 rings (SSSR count). The van der Waals surface area contributed by atoms with Crippen molar-refractivity contribution in [3.05, 3.63) is 23.8 Å². The Labute approximate surface area is 92.2 Å². The van der Waals surface area contributed by atoms with E-state index in [1.54, 1.807) is 12.4 Å². The van der Waals surface area contributed by atoms with Gasteiger partial charge in [0.25, 0.3) is 0 Å². The molecule has 2 N–H and O–H groups in total. The first-order valence-electron chi connectivity index (χ1n) is 4.73. The van der Waals surface area contributed by atoms with Crippen molar-refractivity contribution in [2.45, 2.75) is 13.1 Å². The van der Waals surface area contributed by atoms with Gasteiger partial charge in [0.05, 0.1) is 30.3 Å². The van der Waals surface area contributed by atoms with Crippen LogP contribution in [0.2, 0.25) is 0 Å². The largest absolute Gasteiger partial charge is 0.280 e. The SMILES string of the molecule is C#CCN(Cc1cn[nH]n1)Cc1cn[nH]n1. The van der Waals surface area contributed by atoms with Crippen LogP contribution in [0.15, 0.2) is 12.4 Å². The van der Waals surface area contributed by atoms with E-state index in [1.807, 2.05) is 4.90 Å². The maximum atomic E-state index is 5.31. The Balaban J connectivity index is 1.98. The average Bonchev–Trinajstić information content (AvgIpc) is 2.91. The molecule has 0 aliphatic carbocycles. The molecule has 0 aliphatic heterocycles. The zero-order valence-corrected chi connectivity index (χ0v) is 8.59. The number of nitrogens with one attached hydrogen (secondary N) is 2. The van der Waals surface area contributed by atoms with Gasteiger partial charge in [-0.2, -0.15) is 30.8 Å². The van der Waals surface area contributed by atoms with E-state index < -0.39 is 0 Å². The van der Waals surface area contributed by atoms with Crippen molar-refractivity contribution in [1.82, 2.24) is 35.7 Å². The third-order valence-corrected chi connectivity index (χ3v) is 2.02. The molecule has 2 aromatic rings.